The second-order valence-corrected chi connectivity index (χ2v) is 4.67. The Morgan fingerprint density at radius 1 is 1.47 bits per heavy atom. The Morgan fingerprint density at radius 3 is 2.65 bits per heavy atom. The largest absolute Gasteiger partial charge is 0.349 e. The molecule has 0 heterocycles. The van der Waals surface area contributed by atoms with Gasteiger partial charge in [-0.1, -0.05) is 34.1 Å². The molecule has 0 unspecified atom stereocenters. The van der Waals surface area contributed by atoms with Crippen molar-refractivity contribution in [1.82, 2.24) is 5.32 Å². The Labute approximate surface area is 109 Å². The lowest BCUT2D eigenvalue weighted by Gasteiger charge is -2.07. The third-order valence-corrected chi connectivity index (χ3v) is 2.71. The van der Waals surface area contributed by atoms with Crippen molar-refractivity contribution in [2.75, 3.05) is 0 Å². The van der Waals surface area contributed by atoms with Gasteiger partial charge >= 0.3 is 0 Å². The average Bonchev–Trinajstić information content (AvgIpc) is 2.27. The molecule has 4 heteroatoms. The minimum absolute atomic E-state index is 0.0125. The van der Waals surface area contributed by atoms with Gasteiger partial charge in [0.05, 0.1) is 0 Å². The number of hydrogen-bond acceptors (Lipinski definition) is 2. The highest BCUT2D eigenvalue weighted by Gasteiger charge is 2.10. The molecule has 1 N–H and O–H groups in total. The second kappa shape index (κ2) is 6.21. The van der Waals surface area contributed by atoms with E-state index in [4.69, 9.17) is 5.26 Å². The molecule has 88 valence electrons. The predicted molar refractivity (Wildman–Crippen MR) is 71.0 cm³/mol. The maximum Gasteiger partial charge on any atom is 0.262 e. The third kappa shape index (κ3) is 4.04. The molecule has 0 aliphatic heterocycles. The minimum Gasteiger partial charge on any atom is -0.349 e. The first-order valence-corrected chi connectivity index (χ1v) is 6.01. The van der Waals surface area contributed by atoms with Crippen LogP contribution < -0.4 is 5.32 Å². The highest BCUT2D eigenvalue weighted by atomic mass is 79.9. The van der Waals surface area contributed by atoms with Crippen molar-refractivity contribution in [2.45, 2.75) is 19.9 Å². The molecule has 3 nitrogen and oxygen atoms in total. The maximum atomic E-state index is 11.7. The molecule has 1 aromatic carbocycles. The van der Waals surface area contributed by atoms with E-state index in [1.54, 1.807) is 6.08 Å². The summed E-state index contributed by atoms with van der Waals surface area (Å²) in [5, 5.41) is 11.7. The summed E-state index contributed by atoms with van der Waals surface area (Å²) >= 11 is 3.37. The first-order chi connectivity index (χ1) is 8.04. The monoisotopic (exact) mass is 292 g/mol. The smallest absolute Gasteiger partial charge is 0.262 e. The summed E-state index contributed by atoms with van der Waals surface area (Å²) in [6.07, 6.45) is 1.57. The second-order valence-electron chi connectivity index (χ2n) is 3.82. The van der Waals surface area contributed by atoms with Crippen LogP contribution in [-0.4, -0.2) is 11.9 Å². The molecular formula is C13H13BrN2O. The lowest BCUT2D eigenvalue weighted by atomic mass is 10.1. The van der Waals surface area contributed by atoms with Crippen molar-refractivity contribution in [3.8, 4) is 6.07 Å². The van der Waals surface area contributed by atoms with Crippen LogP contribution in [0.3, 0.4) is 0 Å². The molecule has 0 aliphatic carbocycles. The number of hydrogen-bond donors (Lipinski definition) is 1. The molecule has 1 aromatic rings. The summed E-state index contributed by atoms with van der Waals surface area (Å²) in [6.45, 7) is 3.71. The molecule has 0 bridgehead atoms. The Bertz CT molecular complexity index is 486. The SMILES string of the molecule is CC(C)NC(=O)/C(C#N)=C/c1ccccc1Br. The molecule has 1 rings (SSSR count). The van der Waals surface area contributed by atoms with Crippen LogP contribution in [0.25, 0.3) is 6.08 Å². The van der Waals surface area contributed by atoms with E-state index in [1.807, 2.05) is 44.2 Å². The zero-order valence-corrected chi connectivity index (χ0v) is 11.3. The van der Waals surface area contributed by atoms with Gasteiger partial charge in [0.25, 0.3) is 5.91 Å². The van der Waals surface area contributed by atoms with Gasteiger partial charge in [0.1, 0.15) is 11.6 Å². The van der Waals surface area contributed by atoms with E-state index in [2.05, 4.69) is 21.2 Å². The van der Waals surface area contributed by atoms with E-state index in [9.17, 15) is 4.79 Å². The first-order valence-electron chi connectivity index (χ1n) is 5.21. The van der Waals surface area contributed by atoms with Gasteiger partial charge in [0.15, 0.2) is 0 Å². The van der Waals surface area contributed by atoms with Gasteiger partial charge in [0, 0.05) is 10.5 Å². The number of carbonyl (C=O) groups is 1. The van der Waals surface area contributed by atoms with Crippen molar-refractivity contribution in [1.29, 1.82) is 5.26 Å². The van der Waals surface area contributed by atoms with Crippen molar-refractivity contribution in [3.05, 3.63) is 39.9 Å². The molecule has 0 saturated heterocycles. The number of nitriles is 1. The fourth-order valence-corrected chi connectivity index (χ4v) is 1.64. The molecule has 0 atom stereocenters. The van der Waals surface area contributed by atoms with Crippen LogP contribution in [0, 0.1) is 11.3 Å². The quantitative estimate of drug-likeness (QED) is 0.688. The van der Waals surface area contributed by atoms with Gasteiger partial charge in [-0.25, -0.2) is 0 Å². The fourth-order valence-electron chi connectivity index (χ4n) is 1.24. The molecule has 1 amide bonds. The summed E-state index contributed by atoms with van der Waals surface area (Å²) in [5.74, 6) is -0.349. The van der Waals surface area contributed by atoms with Crippen molar-refractivity contribution < 1.29 is 4.79 Å². The molecule has 0 fully saturated rings. The van der Waals surface area contributed by atoms with Gasteiger partial charge in [-0.2, -0.15) is 5.26 Å². The van der Waals surface area contributed by atoms with Crippen molar-refractivity contribution >= 4 is 27.9 Å². The van der Waals surface area contributed by atoms with Crippen LogP contribution in [-0.2, 0) is 4.79 Å². The molecule has 0 radical (unpaired) electrons. The number of benzene rings is 1. The molecule has 0 aromatic heterocycles. The van der Waals surface area contributed by atoms with E-state index < -0.39 is 0 Å². The Morgan fingerprint density at radius 2 is 2.12 bits per heavy atom. The normalized spacial score (nSPS) is 11.1. The number of amides is 1. The standard InChI is InChI=1S/C13H13BrN2O/c1-9(2)16-13(17)11(8-15)7-10-5-3-4-6-12(10)14/h3-7,9H,1-2H3,(H,16,17)/b11-7+. The minimum atomic E-state index is -0.349. The number of nitrogens with one attached hydrogen (secondary N) is 1. The van der Waals surface area contributed by atoms with E-state index in [1.165, 1.54) is 0 Å². The lowest BCUT2D eigenvalue weighted by molar-refractivity contribution is -0.117. The van der Waals surface area contributed by atoms with E-state index >= 15 is 0 Å². The Balaban J connectivity index is 3.00. The van der Waals surface area contributed by atoms with Crippen LogP contribution in [0.5, 0.6) is 0 Å². The fraction of sp³-hybridized carbons (Fsp3) is 0.231. The number of rotatable bonds is 3. The molecule has 0 spiro atoms. The Hall–Kier alpha value is -1.60. The molecule has 0 saturated carbocycles. The predicted octanol–water partition coefficient (Wildman–Crippen LogP) is 2.88. The number of halogens is 1. The van der Waals surface area contributed by atoms with Gasteiger partial charge < -0.3 is 5.32 Å². The van der Waals surface area contributed by atoms with Gasteiger partial charge in [-0.3, -0.25) is 4.79 Å². The Kier molecular flexibility index (Phi) is 4.92. The zero-order valence-electron chi connectivity index (χ0n) is 9.70. The van der Waals surface area contributed by atoms with Gasteiger partial charge in [0.2, 0.25) is 0 Å². The lowest BCUT2D eigenvalue weighted by Crippen LogP contribution is -2.30. The van der Waals surface area contributed by atoms with Gasteiger partial charge in [-0.05, 0) is 31.6 Å². The van der Waals surface area contributed by atoms with Crippen LogP contribution >= 0.6 is 15.9 Å². The summed E-state index contributed by atoms with van der Waals surface area (Å²) in [4.78, 5) is 11.7. The summed E-state index contributed by atoms with van der Waals surface area (Å²) in [6, 6.07) is 9.35. The van der Waals surface area contributed by atoms with Crippen LogP contribution in [0.4, 0.5) is 0 Å². The average molecular weight is 293 g/mol. The number of nitrogens with zero attached hydrogens (tertiary/aromatic N) is 1. The highest BCUT2D eigenvalue weighted by Crippen LogP contribution is 2.18. The topological polar surface area (TPSA) is 52.9 Å². The maximum absolute atomic E-state index is 11.7. The van der Waals surface area contributed by atoms with E-state index in [-0.39, 0.29) is 17.5 Å². The van der Waals surface area contributed by atoms with Crippen molar-refractivity contribution in [3.63, 3.8) is 0 Å². The van der Waals surface area contributed by atoms with E-state index in [0.29, 0.717) is 0 Å². The van der Waals surface area contributed by atoms with Gasteiger partial charge in [-0.15, -0.1) is 0 Å². The van der Waals surface area contributed by atoms with E-state index in [0.717, 1.165) is 10.0 Å². The molecule has 0 aliphatic rings. The van der Waals surface area contributed by atoms with Crippen molar-refractivity contribution in [2.24, 2.45) is 0 Å². The molecule has 17 heavy (non-hydrogen) atoms. The third-order valence-electron chi connectivity index (χ3n) is 1.99. The summed E-state index contributed by atoms with van der Waals surface area (Å²) in [5.41, 5.74) is 0.911. The first kappa shape index (κ1) is 13.5. The van der Waals surface area contributed by atoms with Crippen LogP contribution in [0.1, 0.15) is 19.4 Å². The molecular weight excluding hydrogens is 280 g/mol. The van der Waals surface area contributed by atoms with Crippen LogP contribution in [0.2, 0.25) is 0 Å². The highest BCUT2D eigenvalue weighted by molar-refractivity contribution is 9.10. The van der Waals surface area contributed by atoms with Crippen LogP contribution in [0.15, 0.2) is 34.3 Å². The summed E-state index contributed by atoms with van der Waals surface area (Å²) in [7, 11) is 0. The summed E-state index contributed by atoms with van der Waals surface area (Å²) < 4.78 is 0.852. The zero-order chi connectivity index (χ0) is 12.8. The number of carbonyl (C=O) groups excluding carboxylic acids is 1.